The molecule has 1 heterocycles. The van der Waals surface area contributed by atoms with Crippen molar-refractivity contribution in [2.24, 2.45) is 5.10 Å². The van der Waals surface area contributed by atoms with E-state index >= 15 is 0 Å². The number of carbonyl (C=O) groups excluding carboxylic acids is 1. The zero-order valence-electron chi connectivity index (χ0n) is 15.8. The number of hydrogen-bond acceptors (Lipinski definition) is 2. The van der Waals surface area contributed by atoms with Crippen molar-refractivity contribution in [1.82, 2.24) is 9.99 Å². The molecule has 0 saturated carbocycles. The van der Waals surface area contributed by atoms with Gasteiger partial charge in [0.25, 0.3) is 0 Å². The van der Waals surface area contributed by atoms with Gasteiger partial charge in [-0.2, -0.15) is 5.10 Å². The number of hydrazone groups is 1. The van der Waals surface area contributed by atoms with E-state index in [-0.39, 0.29) is 5.02 Å². The van der Waals surface area contributed by atoms with E-state index < -0.39 is 11.8 Å². The van der Waals surface area contributed by atoms with Gasteiger partial charge in [-0.25, -0.2) is 14.6 Å². The molecule has 0 aliphatic rings. The van der Waals surface area contributed by atoms with Crippen LogP contribution < -0.4 is 10.7 Å². The number of halogens is 2. The maximum absolute atomic E-state index is 13.4. The molecule has 2 N–H and O–H groups in total. The van der Waals surface area contributed by atoms with E-state index in [1.54, 1.807) is 18.3 Å². The van der Waals surface area contributed by atoms with E-state index in [1.165, 1.54) is 6.07 Å². The fraction of sp³-hybridized carbons (Fsp3) is 0.143. The molecule has 2 amide bonds. The fourth-order valence-electron chi connectivity index (χ4n) is 2.96. The number of benzene rings is 2. The highest BCUT2D eigenvalue weighted by Gasteiger charge is 2.11. The number of amides is 2. The van der Waals surface area contributed by atoms with Gasteiger partial charge in [0, 0.05) is 28.3 Å². The highest BCUT2D eigenvalue weighted by molar-refractivity contribution is 6.30. The van der Waals surface area contributed by atoms with E-state index in [0.717, 1.165) is 33.9 Å². The van der Waals surface area contributed by atoms with Crippen molar-refractivity contribution in [3.8, 4) is 5.69 Å². The minimum atomic E-state index is -0.460. The van der Waals surface area contributed by atoms with Crippen molar-refractivity contribution >= 4 is 29.5 Å². The third kappa shape index (κ3) is 4.23. The number of aromatic nitrogens is 1. The lowest BCUT2D eigenvalue weighted by Crippen LogP contribution is -2.24. The van der Waals surface area contributed by atoms with Crippen LogP contribution >= 0.6 is 11.6 Å². The molecule has 0 spiro atoms. The monoisotopic (exact) mass is 398 g/mol. The van der Waals surface area contributed by atoms with Crippen LogP contribution in [0.4, 0.5) is 14.9 Å². The van der Waals surface area contributed by atoms with Gasteiger partial charge in [-0.05, 0) is 56.7 Å². The summed E-state index contributed by atoms with van der Waals surface area (Å²) >= 11 is 5.90. The lowest BCUT2D eigenvalue weighted by Gasteiger charge is -2.10. The molecular weight excluding hydrogens is 379 g/mol. The van der Waals surface area contributed by atoms with Gasteiger partial charge in [0.2, 0.25) is 0 Å². The number of rotatable bonds is 4. The van der Waals surface area contributed by atoms with E-state index in [0.29, 0.717) is 0 Å². The van der Waals surface area contributed by atoms with Crippen molar-refractivity contribution in [3.63, 3.8) is 0 Å². The fourth-order valence-corrected chi connectivity index (χ4v) is 3.14. The summed E-state index contributed by atoms with van der Waals surface area (Å²) < 4.78 is 15.4. The first-order chi connectivity index (χ1) is 13.4. The lowest BCUT2D eigenvalue weighted by molar-refractivity contribution is 0.252. The number of urea groups is 1. The molecular formula is C21H20ClFN4O. The van der Waals surface area contributed by atoms with Crippen LogP contribution in [-0.2, 0) is 0 Å². The number of aryl methyl sites for hydroxylation is 2. The summed E-state index contributed by atoms with van der Waals surface area (Å²) in [6, 6.07) is 13.6. The maximum atomic E-state index is 13.4. The quantitative estimate of drug-likeness (QED) is 0.451. The molecule has 0 bridgehead atoms. The topological polar surface area (TPSA) is 58.4 Å². The second kappa shape index (κ2) is 8.27. The molecule has 0 saturated heterocycles. The van der Waals surface area contributed by atoms with Crippen LogP contribution in [-0.4, -0.2) is 16.8 Å². The van der Waals surface area contributed by atoms with Gasteiger partial charge in [-0.3, -0.25) is 0 Å². The van der Waals surface area contributed by atoms with Gasteiger partial charge in [0.1, 0.15) is 5.82 Å². The second-order valence-electron chi connectivity index (χ2n) is 6.40. The summed E-state index contributed by atoms with van der Waals surface area (Å²) in [6.07, 6.45) is 1.57. The molecule has 5 nitrogen and oxygen atoms in total. The predicted octanol–water partition coefficient (Wildman–Crippen LogP) is 5.35. The maximum Gasteiger partial charge on any atom is 0.339 e. The molecule has 0 unspecified atom stereocenters. The van der Waals surface area contributed by atoms with Crippen LogP contribution in [0.5, 0.6) is 0 Å². The molecule has 1 aromatic heterocycles. The molecule has 3 rings (SSSR count). The molecule has 0 atom stereocenters. The Morgan fingerprint density at radius 3 is 2.61 bits per heavy atom. The van der Waals surface area contributed by atoms with Crippen molar-refractivity contribution in [3.05, 3.63) is 81.9 Å². The summed E-state index contributed by atoms with van der Waals surface area (Å²) in [5.74, 6) is -0.460. The molecule has 0 radical (unpaired) electrons. The minimum absolute atomic E-state index is 0.0646. The van der Waals surface area contributed by atoms with Gasteiger partial charge in [-0.15, -0.1) is 0 Å². The zero-order chi connectivity index (χ0) is 20.3. The number of para-hydroxylation sites is 1. The third-order valence-electron chi connectivity index (χ3n) is 4.39. The lowest BCUT2D eigenvalue weighted by atomic mass is 10.2. The third-order valence-corrected chi connectivity index (χ3v) is 4.68. The number of nitrogens with zero attached hydrogens (tertiary/aromatic N) is 2. The zero-order valence-corrected chi connectivity index (χ0v) is 16.5. The molecule has 0 aliphatic heterocycles. The minimum Gasteiger partial charge on any atom is -0.318 e. The van der Waals surface area contributed by atoms with E-state index in [1.807, 2.05) is 55.7 Å². The van der Waals surface area contributed by atoms with E-state index in [4.69, 9.17) is 11.6 Å². The van der Waals surface area contributed by atoms with Crippen LogP contribution in [0.2, 0.25) is 5.02 Å². The number of hydrogen-bond donors (Lipinski definition) is 2. The Balaban J connectivity index is 1.73. The summed E-state index contributed by atoms with van der Waals surface area (Å²) in [6.45, 7) is 5.76. The molecule has 7 heteroatoms. The van der Waals surface area contributed by atoms with Crippen molar-refractivity contribution in [2.75, 3.05) is 5.32 Å². The van der Waals surface area contributed by atoms with Gasteiger partial charge in [0.15, 0.2) is 0 Å². The number of anilines is 1. The Morgan fingerprint density at radius 1 is 1.14 bits per heavy atom. The van der Waals surface area contributed by atoms with Gasteiger partial charge in [0.05, 0.1) is 11.2 Å². The average Bonchev–Trinajstić information content (AvgIpc) is 2.93. The molecule has 0 fully saturated rings. The van der Waals surface area contributed by atoms with Gasteiger partial charge in [-0.1, -0.05) is 29.8 Å². The normalized spacial score (nSPS) is 11.0. The van der Waals surface area contributed by atoms with Crippen molar-refractivity contribution in [2.45, 2.75) is 20.8 Å². The second-order valence-corrected chi connectivity index (χ2v) is 6.81. The predicted molar refractivity (Wildman–Crippen MR) is 111 cm³/mol. The summed E-state index contributed by atoms with van der Waals surface area (Å²) in [4.78, 5) is 12.0. The first kappa shape index (κ1) is 19.6. The van der Waals surface area contributed by atoms with Crippen LogP contribution in [0.25, 0.3) is 5.69 Å². The first-order valence-corrected chi connectivity index (χ1v) is 9.04. The Morgan fingerprint density at radius 2 is 1.89 bits per heavy atom. The summed E-state index contributed by atoms with van der Waals surface area (Å²) in [5.41, 5.74) is 7.56. The highest BCUT2D eigenvalue weighted by atomic mass is 35.5. The van der Waals surface area contributed by atoms with Crippen molar-refractivity contribution in [1.29, 1.82) is 0 Å². The van der Waals surface area contributed by atoms with Crippen LogP contribution in [0.3, 0.4) is 0 Å². The first-order valence-electron chi connectivity index (χ1n) is 8.67. The summed E-state index contributed by atoms with van der Waals surface area (Å²) in [5, 5.41) is 6.83. The van der Waals surface area contributed by atoms with E-state index in [9.17, 15) is 9.18 Å². The molecule has 3 aromatic rings. The van der Waals surface area contributed by atoms with Crippen LogP contribution in [0.1, 0.15) is 22.5 Å². The Bertz CT molecular complexity index is 1060. The molecule has 28 heavy (non-hydrogen) atoms. The molecule has 144 valence electrons. The van der Waals surface area contributed by atoms with Crippen LogP contribution in [0.15, 0.2) is 53.6 Å². The van der Waals surface area contributed by atoms with Crippen molar-refractivity contribution < 1.29 is 9.18 Å². The van der Waals surface area contributed by atoms with Gasteiger partial charge >= 0.3 is 6.03 Å². The standard InChI is InChI=1S/C21H20ClFN4O/c1-13-6-4-5-7-20(13)25-21(28)26-24-12-16-10-14(2)27(15(16)3)17-8-9-19(23)18(22)11-17/h4-12H,1-3H3,(H2,25,26,28). The number of nitrogens with one attached hydrogen (secondary N) is 2. The molecule has 2 aromatic carbocycles. The Kier molecular flexibility index (Phi) is 5.80. The average molecular weight is 399 g/mol. The van der Waals surface area contributed by atoms with Gasteiger partial charge < -0.3 is 9.88 Å². The van der Waals surface area contributed by atoms with E-state index in [2.05, 4.69) is 15.8 Å². The van der Waals surface area contributed by atoms with Crippen LogP contribution in [0, 0.1) is 26.6 Å². The number of carbonyl (C=O) groups is 1. The SMILES string of the molecule is Cc1ccccc1NC(=O)NN=Cc1cc(C)n(-c2ccc(F)c(Cl)c2)c1C. The summed E-state index contributed by atoms with van der Waals surface area (Å²) in [7, 11) is 0. The highest BCUT2D eigenvalue weighted by Crippen LogP contribution is 2.24. The smallest absolute Gasteiger partial charge is 0.318 e. The Hall–Kier alpha value is -3.12. The molecule has 0 aliphatic carbocycles. The largest absolute Gasteiger partial charge is 0.339 e. The Labute approximate surface area is 167 Å².